The summed E-state index contributed by atoms with van der Waals surface area (Å²) in [7, 11) is 0. The Balaban J connectivity index is 2.58. The molecule has 0 amide bonds. The van der Waals surface area contributed by atoms with Crippen LogP contribution >= 0.6 is 55.1 Å². The highest BCUT2D eigenvalue weighted by molar-refractivity contribution is 9.28. The van der Waals surface area contributed by atoms with Gasteiger partial charge in [-0.05, 0) is 37.9 Å². The van der Waals surface area contributed by atoms with Crippen molar-refractivity contribution in [2.75, 3.05) is 6.61 Å². The van der Waals surface area contributed by atoms with Crippen LogP contribution in [-0.2, 0) is 6.18 Å². The molecule has 166 valence electrons. The maximum Gasteiger partial charge on any atom is 0.420 e. The molecule has 0 atom stereocenters. The van der Waals surface area contributed by atoms with Crippen LogP contribution < -0.4 is 9.47 Å². The third-order valence-corrected chi connectivity index (χ3v) is 4.64. The number of non-ortho nitro benzene ring substituents is 1. The number of ether oxygens (including phenoxy) is 2. The molecular formula is C16H7Br2Cl2F3N2O6. The minimum atomic E-state index is -5.22. The first-order valence-electron chi connectivity index (χ1n) is 7.66. The Hall–Kier alpha value is -2.09. The Morgan fingerprint density at radius 1 is 1.03 bits per heavy atom. The standard InChI is InChI=1S/C16H7Br2Cl2F3N2O6/c17-13(18)1-2-30-8-5-10(19)15(11(20)6-8)31-14-9(16(21,22)23)3-7(24(26)27)4-12(14)25(28)29/h1,3-6H,2H2. The molecule has 2 aromatic carbocycles. The second-order valence-corrected chi connectivity index (χ2v) is 9.06. The predicted octanol–water partition coefficient (Wildman–Crippen LogP) is 7.63. The van der Waals surface area contributed by atoms with Crippen molar-refractivity contribution in [1.82, 2.24) is 0 Å². The maximum atomic E-state index is 13.5. The van der Waals surface area contributed by atoms with Gasteiger partial charge in [0.25, 0.3) is 5.69 Å². The molecule has 2 rings (SSSR count). The second-order valence-electron chi connectivity index (χ2n) is 5.48. The summed E-state index contributed by atoms with van der Waals surface area (Å²) in [5, 5.41) is 21.6. The monoisotopic (exact) mass is 608 g/mol. The molecule has 2 aromatic rings. The van der Waals surface area contributed by atoms with Gasteiger partial charge in [-0.25, -0.2) is 0 Å². The summed E-state index contributed by atoms with van der Waals surface area (Å²) >= 11 is 18.3. The van der Waals surface area contributed by atoms with Gasteiger partial charge in [0, 0.05) is 18.2 Å². The third kappa shape index (κ3) is 6.45. The Kier molecular flexibility index (Phi) is 8.14. The molecule has 15 heteroatoms. The lowest BCUT2D eigenvalue weighted by Crippen LogP contribution is -2.10. The fourth-order valence-electron chi connectivity index (χ4n) is 2.18. The minimum Gasteiger partial charge on any atom is -0.489 e. The predicted molar refractivity (Wildman–Crippen MR) is 113 cm³/mol. The lowest BCUT2D eigenvalue weighted by molar-refractivity contribution is -0.395. The fraction of sp³-hybridized carbons (Fsp3) is 0.125. The number of hydrogen-bond donors (Lipinski definition) is 0. The number of hydrogen-bond acceptors (Lipinski definition) is 6. The molecule has 0 radical (unpaired) electrons. The first-order valence-corrected chi connectivity index (χ1v) is 10.00. The van der Waals surface area contributed by atoms with Crippen LogP contribution in [0.3, 0.4) is 0 Å². The zero-order valence-electron chi connectivity index (χ0n) is 14.6. The smallest absolute Gasteiger partial charge is 0.420 e. The van der Waals surface area contributed by atoms with Crippen molar-refractivity contribution in [2.24, 2.45) is 0 Å². The second kappa shape index (κ2) is 10.0. The molecule has 0 saturated carbocycles. The molecule has 0 aliphatic rings. The van der Waals surface area contributed by atoms with E-state index < -0.39 is 44.5 Å². The average Bonchev–Trinajstić information content (AvgIpc) is 2.62. The zero-order chi connectivity index (χ0) is 23.5. The van der Waals surface area contributed by atoms with E-state index in [4.69, 9.17) is 32.7 Å². The molecule has 0 bridgehead atoms. The van der Waals surface area contributed by atoms with E-state index in [9.17, 15) is 33.4 Å². The van der Waals surface area contributed by atoms with E-state index in [0.717, 1.165) is 0 Å². The highest BCUT2D eigenvalue weighted by Gasteiger charge is 2.41. The summed E-state index contributed by atoms with van der Waals surface area (Å²) in [6, 6.07) is 2.80. The Morgan fingerprint density at radius 2 is 1.61 bits per heavy atom. The molecule has 0 N–H and O–H groups in total. The molecule has 0 spiro atoms. The van der Waals surface area contributed by atoms with E-state index in [0.29, 0.717) is 9.46 Å². The van der Waals surface area contributed by atoms with Crippen LogP contribution in [0, 0.1) is 20.2 Å². The number of nitro groups is 2. The van der Waals surface area contributed by atoms with E-state index in [2.05, 4.69) is 31.9 Å². The van der Waals surface area contributed by atoms with Crippen LogP contribution in [0.4, 0.5) is 24.5 Å². The topological polar surface area (TPSA) is 105 Å². The van der Waals surface area contributed by atoms with Gasteiger partial charge < -0.3 is 9.47 Å². The van der Waals surface area contributed by atoms with Gasteiger partial charge in [-0.1, -0.05) is 23.2 Å². The van der Waals surface area contributed by atoms with Crippen molar-refractivity contribution in [2.45, 2.75) is 6.18 Å². The van der Waals surface area contributed by atoms with E-state index in [-0.39, 0.29) is 28.5 Å². The summed E-state index contributed by atoms with van der Waals surface area (Å²) in [6.07, 6.45) is -3.63. The molecule has 0 aliphatic heterocycles. The number of rotatable bonds is 7. The van der Waals surface area contributed by atoms with Crippen molar-refractivity contribution in [1.29, 1.82) is 0 Å². The molecule has 0 aromatic heterocycles. The molecule has 0 saturated heterocycles. The van der Waals surface area contributed by atoms with Crippen molar-refractivity contribution in [3.05, 3.63) is 69.6 Å². The van der Waals surface area contributed by atoms with Crippen molar-refractivity contribution in [3.63, 3.8) is 0 Å². The number of alkyl halides is 3. The van der Waals surface area contributed by atoms with Crippen LogP contribution in [0.2, 0.25) is 10.0 Å². The SMILES string of the molecule is O=[N+]([O-])c1cc([N+](=O)[O-])c(Oc2c(Cl)cc(OCC=C(Br)Br)cc2Cl)c(C(F)(F)F)c1. The van der Waals surface area contributed by atoms with Crippen molar-refractivity contribution in [3.8, 4) is 17.2 Å². The first kappa shape index (κ1) is 25.2. The van der Waals surface area contributed by atoms with Gasteiger partial charge in [0.15, 0.2) is 5.75 Å². The molecule has 0 fully saturated rings. The van der Waals surface area contributed by atoms with Crippen LogP contribution in [-0.4, -0.2) is 16.5 Å². The summed E-state index contributed by atoms with van der Waals surface area (Å²) in [5.74, 6) is -1.70. The first-order chi connectivity index (χ1) is 14.3. The summed E-state index contributed by atoms with van der Waals surface area (Å²) in [6.45, 7) is 0.0741. The molecule has 8 nitrogen and oxygen atoms in total. The van der Waals surface area contributed by atoms with Crippen molar-refractivity contribution < 1.29 is 32.5 Å². The van der Waals surface area contributed by atoms with Gasteiger partial charge >= 0.3 is 11.9 Å². The molecule has 31 heavy (non-hydrogen) atoms. The van der Waals surface area contributed by atoms with Gasteiger partial charge in [-0.15, -0.1) is 0 Å². The van der Waals surface area contributed by atoms with E-state index in [1.165, 1.54) is 12.1 Å². The van der Waals surface area contributed by atoms with Gasteiger partial charge in [0.05, 0.1) is 29.3 Å². The third-order valence-electron chi connectivity index (χ3n) is 3.43. The normalized spacial score (nSPS) is 11.1. The lowest BCUT2D eigenvalue weighted by atomic mass is 10.1. The van der Waals surface area contributed by atoms with E-state index >= 15 is 0 Å². The highest BCUT2D eigenvalue weighted by atomic mass is 79.9. The fourth-order valence-corrected chi connectivity index (χ4v) is 2.99. The largest absolute Gasteiger partial charge is 0.489 e. The quantitative estimate of drug-likeness (QED) is 0.236. The highest BCUT2D eigenvalue weighted by Crippen LogP contribution is 2.48. The number of benzene rings is 2. The maximum absolute atomic E-state index is 13.5. The van der Waals surface area contributed by atoms with E-state index in [1.54, 1.807) is 6.08 Å². The van der Waals surface area contributed by atoms with Crippen LogP contribution in [0.25, 0.3) is 0 Å². The number of nitro benzene ring substituents is 2. The van der Waals surface area contributed by atoms with Gasteiger partial charge in [-0.2, -0.15) is 13.2 Å². The Bertz CT molecular complexity index is 1060. The summed E-state index contributed by atoms with van der Waals surface area (Å²) < 4.78 is 51.5. The van der Waals surface area contributed by atoms with Crippen LogP contribution in [0.15, 0.2) is 33.7 Å². The molecule has 0 heterocycles. The number of nitrogens with zero attached hydrogens (tertiary/aromatic N) is 2. The van der Waals surface area contributed by atoms with Gasteiger partial charge in [0.1, 0.15) is 17.9 Å². The lowest BCUT2D eigenvalue weighted by Gasteiger charge is -2.16. The Morgan fingerprint density at radius 3 is 2.06 bits per heavy atom. The number of halogens is 7. The Labute approximate surface area is 198 Å². The van der Waals surface area contributed by atoms with E-state index in [1.807, 2.05) is 0 Å². The minimum absolute atomic E-state index is 0.0741. The van der Waals surface area contributed by atoms with Crippen molar-refractivity contribution >= 4 is 66.4 Å². The summed E-state index contributed by atoms with van der Waals surface area (Å²) in [4.78, 5) is 19.8. The molecule has 0 aliphatic carbocycles. The van der Waals surface area contributed by atoms with Crippen LogP contribution in [0.1, 0.15) is 5.56 Å². The molecule has 0 unspecified atom stereocenters. The van der Waals surface area contributed by atoms with Gasteiger partial charge in [0.2, 0.25) is 5.75 Å². The summed E-state index contributed by atoms with van der Waals surface area (Å²) in [5.41, 5.74) is -4.17. The van der Waals surface area contributed by atoms with Crippen LogP contribution in [0.5, 0.6) is 17.2 Å². The molecular weight excluding hydrogens is 604 g/mol. The van der Waals surface area contributed by atoms with Gasteiger partial charge in [-0.3, -0.25) is 20.2 Å². The average molecular weight is 611 g/mol. The zero-order valence-corrected chi connectivity index (χ0v) is 19.3.